The molecule has 2 saturated heterocycles. The van der Waals surface area contributed by atoms with Crippen molar-refractivity contribution in [3.05, 3.63) is 35.0 Å². The molecular formula is C23H30N2O. The number of amides is 1. The number of fused-ring (bicyclic) bond motifs is 4. The molecule has 1 aromatic carbocycles. The van der Waals surface area contributed by atoms with Crippen molar-refractivity contribution in [2.45, 2.75) is 76.7 Å². The first-order chi connectivity index (χ1) is 12.6. The standard InChI is InChI=1S/C23H30N2O/c1-4-15-16-6-5-7-20(26)25-11-10-17(23(16)25)21-18-12-14(13(2)3)8-9-19(18)24-22(15)21/h8-9,12-13,15-17,23-24H,4-7,10-11H2,1-3H3/t15-,16-,17+,23-/m1/s1. The van der Waals surface area contributed by atoms with E-state index in [4.69, 9.17) is 0 Å². The summed E-state index contributed by atoms with van der Waals surface area (Å²) in [6.07, 6.45) is 5.31. The number of H-pyrrole nitrogens is 1. The molecule has 1 N–H and O–H groups in total. The molecule has 1 aliphatic carbocycles. The number of nitrogens with zero attached hydrogens (tertiary/aromatic N) is 1. The first kappa shape index (κ1) is 16.4. The number of rotatable bonds is 2. The minimum atomic E-state index is 0.404. The number of hydrogen-bond donors (Lipinski definition) is 1. The maximum Gasteiger partial charge on any atom is 0.222 e. The molecule has 1 amide bonds. The number of nitrogens with one attached hydrogen (secondary N) is 1. The van der Waals surface area contributed by atoms with Crippen molar-refractivity contribution in [2.75, 3.05) is 6.54 Å². The van der Waals surface area contributed by atoms with E-state index >= 15 is 0 Å². The molecule has 4 atom stereocenters. The summed E-state index contributed by atoms with van der Waals surface area (Å²) in [6, 6.07) is 7.41. The zero-order chi connectivity index (χ0) is 18.0. The van der Waals surface area contributed by atoms with Crippen LogP contribution in [0.4, 0.5) is 0 Å². The molecule has 3 aliphatic rings. The highest BCUT2D eigenvalue weighted by Crippen LogP contribution is 2.54. The van der Waals surface area contributed by atoms with E-state index in [1.54, 1.807) is 5.56 Å². The molecule has 0 bridgehead atoms. The second-order valence-corrected chi connectivity index (χ2v) is 8.96. The van der Waals surface area contributed by atoms with E-state index in [0.29, 0.717) is 35.6 Å². The zero-order valence-corrected chi connectivity index (χ0v) is 16.2. The van der Waals surface area contributed by atoms with E-state index in [0.717, 1.165) is 32.2 Å². The average molecular weight is 351 g/mol. The molecule has 138 valence electrons. The van der Waals surface area contributed by atoms with Crippen LogP contribution in [0.25, 0.3) is 10.9 Å². The van der Waals surface area contributed by atoms with Gasteiger partial charge >= 0.3 is 0 Å². The predicted octanol–water partition coefficient (Wildman–Crippen LogP) is 5.28. The molecule has 2 aromatic rings. The van der Waals surface area contributed by atoms with Gasteiger partial charge in [0.2, 0.25) is 5.91 Å². The van der Waals surface area contributed by atoms with Crippen LogP contribution in [0.1, 0.15) is 87.4 Å². The molecule has 0 spiro atoms. The molecule has 2 aliphatic heterocycles. The van der Waals surface area contributed by atoms with Gasteiger partial charge in [-0.05, 0) is 60.8 Å². The molecular weight excluding hydrogens is 320 g/mol. The van der Waals surface area contributed by atoms with Crippen LogP contribution in [0.3, 0.4) is 0 Å². The molecule has 5 rings (SSSR count). The highest BCUT2D eigenvalue weighted by Gasteiger charge is 2.51. The maximum absolute atomic E-state index is 12.7. The van der Waals surface area contributed by atoms with Crippen LogP contribution in [-0.2, 0) is 4.79 Å². The summed E-state index contributed by atoms with van der Waals surface area (Å²) in [5.41, 5.74) is 5.75. The van der Waals surface area contributed by atoms with Crippen LogP contribution in [0, 0.1) is 5.92 Å². The Bertz CT molecular complexity index is 864. The van der Waals surface area contributed by atoms with Gasteiger partial charge in [0, 0.05) is 47.4 Å². The highest BCUT2D eigenvalue weighted by molar-refractivity contribution is 5.87. The Morgan fingerprint density at radius 2 is 2.12 bits per heavy atom. The first-order valence-corrected chi connectivity index (χ1v) is 10.5. The molecule has 3 heterocycles. The van der Waals surface area contributed by atoms with Crippen LogP contribution in [0.2, 0.25) is 0 Å². The number of hydrogen-bond acceptors (Lipinski definition) is 1. The number of benzene rings is 1. The summed E-state index contributed by atoms with van der Waals surface area (Å²) < 4.78 is 0. The topological polar surface area (TPSA) is 36.1 Å². The fourth-order valence-corrected chi connectivity index (χ4v) is 6.22. The van der Waals surface area contributed by atoms with E-state index in [1.165, 1.54) is 28.6 Å². The summed E-state index contributed by atoms with van der Waals surface area (Å²) in [7, 11) is 0. The molecule has 0 unspecified atom stereocenters. The van der Waals surface area contributed by atoms with E-state index < -0.39 is 0 Å². The van der Waals surface area contributed by atoms with Gasteiger partial charge < -0.3 is 9.88 Å². The van der Waals surface area contributed by atoms with E-state index in [1.807, 2.05) is 0 Å². The zero-order valence-electron chi connectivity index (χ0n) is 16.2. The quantitative estimate of drug-likeness (QED) is 0.785. The average Bonchev–Trinajstić information content (AvgIpc) is 3.17. The fourth-order valence-electron chi connectivity index (χ4n) is 6.22. The third kappa shape index (κ3) is 2.15. The second kappa shape index (κ2) is 5.87. The van der Waals surface area contributed by atoms with Crippen molar-refractivity contribution in [3.8, 4) is 0 Å². The van der Waals surface area contributed by atoms with Gasteiger partial charge in [0.25, 0.3) is 0 Å². The lowest BCUT2D eigenvalue weighted by atomic mass is 9.67. The van der Waals surface area contributed by atoms with Crippen molar-refractivity contribution in [1.29, 1.82) is 0 Å². The Morgan fingerprint density at radius 3 is 2.88 bits per heavy atom. The first-order valence-electron chi connectivity index (χ1n) is 10.5. The summed E-state index contributed by atoms with van der Waals surface area (Å²) >= 11 is 0. The van der Waals surface area contributed by atoms with Gasteiger partial charge in [-0.1, -0.05) is 26.8 Å². The Labute approximate surface area is 156 Å². The molecule has 2 fully saturated rings. The van der Waals surface area contributed by atoms with Gasteiger partial charge in [-0.3, -0.25) is 4.79 Å². The normalized spacial score (nSPS) is 30.6. The summed E-state index contributed by atoms with van der Waals surface area (Å²) in [4.78, 5) is 18.8. The lowest BCUT2D eigenvalue weighted by Gasteiger charge is -2.42. The summed E-state index contributed by atoms with van der Waals surface area (Å²) in [5, 5.41) is 1.42. The minimum absolute atomic E-state index is 0.404. The summed E-state index contributed by atoms with van der Waals surface area (Å²) in [5.74, 6) is 2.66. The van der Waals surface area contributed by atoms with Gasteiger partial charge in [0.05, 0.1) is 0 Å². The van der Waals surface area contributed by atoms with Crippen molar-refractivity contribution in [2.24, 2.45) is 5.92 Å². The molecule has 26 heavy (non-hydrogen) atoms. The lowest BCUT2D eigenvalue weighted by molar-refractivity contribution is -0.132. The third-order valence-corrected chi connectivity index (χ3v) is 7.40. The van der Waals surface area contributed by atoms with Crippen molar-refractivity contribution in [3.63, 3.8) is 0 Å². The predicted molar refractivity (Wildman–Crippen MR) is 106 cm³/mol. The smallest absolute Gasteiger partial charge is 0.222 e. The maximum atomic E-state index is 12.7. The number of aromatic amines is 1. The van der Waals surface area contributed by atoms with Crippen LogP contribution in [0.15, 0.2) is 18.2 Å². The van der Waals surface area contributed by atoms with Crippen LogP contribution >= 0.6 is 0 Å². The van der Waals surface area contributed by atoms with E-state index in [2.05, 4.69) is 48.9 Å². The number of carbonyl (C=O) groups excluding carboxylic acids is 1. The second-order valence-electron chi connectivity index (χ2n) is 8.96. The molecule has 3 nitrogen and oxygen atoms in total. The highest BCUT2D eigenvalue weighted by atomic mass is 16.2. The molecule has 1 aromatic heterocycles. The number of carbonyl (C=O) groups is 1. The van der Waals surface area contributed by atoms with Crippen molar-refractivity contribution in [1.82, 2.24) is 9.88 Å². The van der Waals surface area contributed by atoms with Gasteiger partial charge in [-0.2, -0.15) is 0 Å². The Hall–Kier alpha value is -1.77. The van der Waals surface area contributed by atoms with Crippen LogP contribution < -0.4 is 0 Å². The van der Waals surface area contributed by atoms with Crippen molar-refractivity contribution >= 4 is 16.8 Å². The monoisotopic (exact) mass is 350 g/mol. The van der Waals surface area contributed by atoms with Crippen molar-refractivity contribution < 1.29 is 4.79 Å². The largest absolute Gasteiger partial charge is 0.358 e. The van der Waals surface area contributed by atoms with Gasteiger partial charge in [-0.25, -0.2) is 0 Å². The fraction of sp³-hybridized carbons (Fsp3) is 0.609. The molecule has 0 radical (unpaired) electrons. The summed E-state index contributed by atoms with van der Waals surface area (Å²) in [6.45, 7) is 7.82. The minimum Gasteiger partial charge on any atom is -0.358 e. The SMILES string of the molecule is CC[C@H]1c2[nH]c3ccc(C(C)C)cc3c2[C@@H]2CCN3C(=O)CCC[C@H]1[C@H]23. The van der Waals surface area contributed by atoms with Crippen LogP contribution in [0.5, 0.6) is 0 Å². The van der Waals surface area contributed by atoms with E-state index in [9.17, 15) is 4.79 Å². The Morgan fingerprint density at radius 1 is 1.27 bits per heavy atom. The Kier molecular flexibility index (Phi) is 3.70. The molecule has 3 heteroatoms. The third-order valence-electron chi connectivity index (χ3n) is 7.40. The van der Waals surface area contributed by atoms with Gasteiger partial charge in [0.15, 0.2) is 0 Å². The van der Waals surface area contributed by atoms with Gasteiger partial charge in [-0.15, -0.1) is 0 Å². The van der Waals surface area contributed by atoms with Crippen LogP contribution in [-0.4, -0.2) is 28.4 Å². The molecule has 0 saturated carbocycles. The van der Waals surface area contributed by atoms with Gasteiger partial charge in [0.1, 0.15) is 0 Å². The van der Waals surface area contributed by atoms with E-state index in [-0.39, 0.29) is 0 Å². The number of aromatic nitrogens is 1. The Balaban J connectivity index is 1.73. The lowest BCUT2D eigenvalue weighted by Crippen LogP contribution is -2.44.